The molecule has 0 atom stereocenters. The fraction of sp³-hybridized carbons (Fsp3) is 0.455. The summed E-state index contributed by atoms with van der Waals surface area (Å²) in [6.45, 7) is 3.21. The van der Waals surface area contributed by atoms with Gasteiger partial charge in [0.2, 0.25) is 10.0 Å². The van der Waals surface area contributed by atoms with E-state index in [1.807, 2.05) is 0 Å². The van der Waals surface area contributed by atoms with Crippen LogP contribution in [0.3, 0.4) is 0 Å². The van der Waals surface area contributed by atoms with Crippen molar-refractivity contribution in [2.75, 3.05) is 13.7 Å². The molecule has 0 fully saturated rings. The third-order valence-electron chi connectivity index (χ3n) is 2.71. The van der Waals surface area contributed by atoms with Crippen LogP contribution in [0.4, 0.5) is 4.39 Å². The summed E-state index contributed by atoms with van der Waals surface area (Å²) in [5.74, 6) is -1.21. The van der Waals surface area contributed by atoms with E-state index in [4.69, 9.17) is 15.4 Å². The van der Waals surface area contributed by atoms with Crippen molar-refractivity contribution in [3.05, 3.63) is 24.0 Å². The smallest absolute Gasteiger partial charge is 0.261 e. The Labute approximate surface area is 127 Å². The van der Waals surface area contributed by atoms with Gasteiger partial charge in [-0.25, -0.2) is 25.9 Å². The summed E-state index contributed by atoms with van der Waals surface area (Å²) >= 11 is 0. The molecule has 1 N–H and O–H groups in total. The Balaban J connectivity index is 3.11. The lowest BCUT2D eigenvalue weighted by atomic mass is 10.1. The number of benzene rings is 1. The number of sulfonamides is 1. The van der Waals surface area contributed by atoms with Gasteiger partial charge in [0.1, 0.15) is 10.7 Å². The first-order valence-corrected chi connectivity index (χ1v) is 9.47. The van der Waals surface area contributed by atoms with Crippen molar-refractivity contribution < 1.29 is 26.0 Å². The second-order valence-corrected chi connectivity index (χ2v) is 9.12. The topological polar surface area (TPSA) is 89.5 Å². The van der Waals surface area contributed by atoms with Crippen LogP contribution >= 0.6 is 10.7 Å². The van der Waals surface area contributed by atoms with E-state index in [-0.39, 0.29) is 6.54 Å². The molecule has 1 aromatic carbocycles. The van der Waals surface area contributed by atoms with E-state index in [1.54, 1.807) is 13.8 Å². The minimum Gasteiger partial charge on any atom is -0.377 e. The Hall–Kier alpha value is -0.740. The number of nitrogens with one attached hydrogen (secondary N) is 1. The van der Waals surface area contributed by atoms with Crippen molar-refractivity contribution >= 4 is 29.8 Å². The molecule has 0 aromatic heterocycles. The SMILES string of the molecule is COC(C)(C)CNS(=O)(=O)c1ccc(S(=O)(=O)Cl)cc1F. The van der Waals surface area contributed by atoms with E-state index in [0.717, 1.165) is 12.1 Å². The van der Waals surface area contributed by atoms with Gasteiger partial charge in [-0.3, -0.25) is 0 Å². The summed E-state index contributed by atoms with van der Waals surface area (Å²) in [5, 5.41) is 0. The van der Waals surface area contributed by atoms with Crippen LogP contribution in [0.5, 0.6) is 0 Å². The standard InChI is InChI=1S/C11H15ClFNO5S2/c1-11(2,19-3)7-14-21(17,18)10-5-4-8(6-9(10)13)20(12,15)16/h4-6,14H,7H2,1-3H3. The van der Waals surface area contributed by atoms with Gasteiger partial charge in [-0.1, -0.05) is 0 Å². The van der Waals surface area contributed by atoms with Gasteiger partial charge in [-0.2, -0.15) is 0 Å². The lowest BCUT2D eigenvalue weighted by Crippen LogP contribution is -2.39. The first kappa shape index (κ1) is 18.3. The predicted octanol–water partition coefficient (Wildman–Crippen LogP) is 1.46. The first-order chi connectivity index (χ1) is 9.39. The summed E-state index contributed by atoms with van der Waals surface area (Å²) < 4.78 is 67.1. The third kappa shape index (κ3) is 4.89. The zero-order valence-corrected chi connectivity index (χ0v) is 13.9. The van der Waals surface area contributed by atoms with Crippen molar-refractivity contribution in [2.45, 2.75) is 29.2 Å². The van der Waals surface area contributed by atoms with Gasteiger partial charge in [0.05, 0.1) is 10.5 Å². The Bertz CT molecular complexity index is 731. The lowest BCUT2D eigenvalue weighted by Gasteiger charge is -2.23. The molecule has 1 aromatic rings. The van der Waals surface area contributed by atoms with Crippen LogP contribution < -0.4 is 4.72 Å². The van der Waals surface area contributed by atoms with Crippen LogP contribution in [-0.2, 0) is 23.8 Å². The molecule has 0 saturated carbocycles. The van der Waals surface area contributed by atoms with Crippen molar-refractivity contribution in [3.8, 4) is 0 Å². The fourth-order valence-electron chi connectivity index (χ4n) is 1.27. The quantitative estimate of drug-likeness (QED) is 0.776. The van der Waals surface area contributed by atoms with Crippen molar-refractivity contribution in [1.29, 1.82) is 0 Å². The third-order valence-corrected chi connectivity index (χ3v) is 5.50. The maximum atomic E-state index is 13.8. The van der Waals surface area contributed by atoms with Crippen LogP contribution in [0, 0.1) is 5.82 Å². The van der Waals surface area contributed by atoms with Crippen molar-refractivity contribution in [3.63, 3.8) is 0 Å². The Morgan fingerprint density at radius 2 is 1.86 bits per heavy atom. The molecule has 120 valence electrons. The van der Waals surface area contributed by atoms with Crippen LogP contribution in [0.1, 0.15) is 13.8 Å². The highest BCUT2D eigenvalue weighted by Crippen LogP contribution is 2.21. The number of hydrogen-bond donors (Lipinski definition) is 1. The second-order valence-electron chi connectivity index (χ2n) is 4.82. The molecule has 0 aliphatic rings. The van der Waals surface area contributed by atoms with Gasteiger partial charge in [-0.15, -0.1) is 0 Å². The van der Waals surface area contributed by atoms with Gasteiger partial charge in [0.15, 0.2) is 0 Å². The summed E-state index contributed by atoms with van der Waals surface area (Å²) in [7, 11) is -1.80. The summed E-state index contributed by atoms with van der Waals surface area (Å²) in [6, 6.07) is 2.31. The monoisotopic (exact) mass is 359 g/mol. The molecule has 0 bridgehead atoms. The number of methoxy groups -OCH3 is 1. The van der Waals surface area contributed by atoms with Crippen molar-refractivity contribution in [2.24, 2.45) is 0 Å². The summed E-state index contributed by atoms with van der Waals surface area (Å²) in [4.78, 5) is -1.18. The average Bonchev–Trinajstić information content (AvgIpc) is 2.35. The van der Waals surface area contributed by atoms with Crippen LogP contribution in [0.25, 0.3) is 0 Å². The molecule has 0 unspecified atom stereocenters. The van der Waals surface area contributed by atoms with Gasteiger partial charge in [-0.05, 0) is 32.0 Å². The highest BCUT2D eigenvalue weighted by Gasteiger charge is 2.25. The molecule has 0 aliphatic heterocycles. The maximum absolute atomic E-state index is 13.8. The number of halogens is 2. The van der Waals surface area contributed by atoms with E-state index in [2.05, 4.69) is 4.72 Å². The Morgan fingerprint density at radius 3 is 2.29 bits per heavy atom. The molecule has 0 aliphatic carbocycles. The average molecular weight is 360 g/mol. The Kier molecular flexibility index (Phi) is 5.38. The van der Waals surface area contributed by atoms with Crippen LogP contribution in [0.2, 0.25) is 0 Å². The predicted molar refractivity (Wildman–Crippen MR) is 75.7 cm³/mol. The van der Waals surface area contributed by atoms with Crippen molar-refractivity contribution in [1.82, 2.24) is 4.72 Å². The Morgan fingerprint density at radius 1 is 1.29 bits per heavy atom. The lowest BCUT2D eigenvalue weighted by molar-refractivity contribution is 0.0276. The molecule has 21 heavy (non-hydrogen) atoms. The molecule has 0 heterocycles. The van der Waals surface area contributed by atoms with E-state index in [0.29, 0.717) is 6.07 Å². The number of ether oxygens (including phenoxy) is 1. The molecular formula is C11H15ClFNO5S2. The number of rotatable bonds is 6. The van der Waals surface area contributed by atoms with Gasteiger partial charge >= 0.3 is 0 Å². The van der Waals surface area contributed by atoms with Crippen LogP contribution in [-0.4, -0.2) is 36.1 Å². The molecule has 0 radical (unpaired) electrons. The van der Waals surface area contributed by atoms with E-state index in [9.17, 15) is 21.2 Å². The molecule has 0 saturated heterocycles. The second kappa shape index (κ2) is 6.17. The number of hydrogen-bond acceptors (Lipinski definition) is 5. The highest BCUT2D eigenvalue weighted by atomic mass is 35.7. The summed E-state index contributed by atoms with van der Waals surface area (Å²) in [5.41, 5.74) is -0.775. The van der Waals surface area contributed by atoms with E-state index >= 15 is 0 Å². The largest absolute Gasteiger partial charge is 0.377 e. The molecular weight excluding hydrogens is 345 g/mol. The molecule has 0 amide bonds. The molecule has 10 heteroatoms. The zero-order valence-electron chi connectivity index (χ0n) is 11.6. The molecule has 6 nitrogen and oxygen atoms in total. The van der Waals surface area contributed by atoms with E-state index in [1.165, 1.54) is 7.11 Å². The van der Waals surface area contributed by atoms with Gasteiger partial charge < -0.3 is 4.74 Å². The molecule has 0 spiro atoms. The minimum atomic E-state index is -4.14. The van der Waals surface area contributed by atoms with Gasteiger partial charge in [0, 0.05) is 24.3 Å². The highest BCUT2D eigenvalue weighted by molar-refractivity contribution is 8.13. The first-order valence-electron chi connectivity index (χ1n) is 5.68. The molecule has 1 rings (SSSR count). The van der Waals surface area contributed by atoms with Crippen LogP contribution in [0.15, 0.2) is 28.0 Å². The van der Waals surface area contributed by atoms with Gasteiger partial charge in [0.25, 0.3) is 9.05 Å². The minimum absolute atomic E-state index is 0.0825. The maximum Gasteiger partial charge on any atom is 0.261 e. The fourth-order valence-corrected chi connectivity index (χ4v) is 3.29. The normalized spacial score (nSPS) is 13.4. The zero-order chi connectivity index (χ0) is 16.5. The van der Waals surface area contributed by atoms with E-state index < -0.39 is 40.3 Å². The summed E-state index contributed by atoms with van der Waals surface area (Å²) in [6.07, 6.45) is 0.